The normalized spacial score (nSPS) is 14.1. The number of rotatable bonds is 8. The van der Waals surface area contributed by atoms with Crippen LogP contribution in [0.1, 0.15) is 22.3 Å². The standard InChI is InChI=1S/C67H45N3/c1-5-21-46(22-6-1)47-23-19-30-51(43-47)68(53-39-41-57-56-33-15-18-37-63(56)70(65(57)45-53)50-28-11-4-12-29-50)52-40-42-62-59(44-52)55-32-14-17-36-61(55)67(62)60-35-16-13-31-54(60)58-34-20-38-64(66(58)67)69(48-24-7-2-8-25-48)49-26-9-3-10-27-49/h1-45H. The fourth-order valence-corrected chi connectivity index (χ4v) is 11.9. The number of hydrogen-bond acceptors (Lipinski definition) is 2. The zero-order valence-corrected chi connectivity index (χ0v) is 38.3. The Kier molecular flexibility index (Phi) is 9.11. The van der Waals surface area contributed by atoms with Gasteiger partial charge in [0.1, 0.15) is 0 Å². The number of aromatic nitrogens is 1. The Labute approximate surface area is 408 Å². The minimum atomic E-state index is -0.595. The molecule has 1 heterocycles. The Hall–Kier alpha value is -9.18. The van der Waals surface area contributed by atoms with Crippen molar-refractivity contribution < 1.29 is 0 Å². The van der Waals surface area contributed by atoms with Gasteiger partial charge < -0.3 is 14.4 Å². The van der Waals surface area contributed by atoms with E-state index in [1.807, 2.05) is 0 Å². The highest BCUT2D eigenvalue weighted by Gasteiger charge is 2.53. The Balaban J connectivity index is 1.03. The van der Waals surface area contributed by atoms with E-state index in [0.717, 1.165) is 39.6 Å². The molecule has 2 aliphatic rings. The average Bonchev–Trinajstić information content (AvgIpc) is 4.04. The van der Waals surface area contributed by atoms with E-state index in [0.29, 0.717) is 0 Å². The molecule has 12 aromatic rings. The molecule has 0 fully saturated rings. The van der Waals surface area contributed by atoms with Crippen LogP contribution in [0.3, 0.4) is 0 Å². The number of hydrogen-bond donors (Lipinski definition) is 0. The molecule has 0 N–H and O–H groups in total. The van der Waals surface area contributed by atoms with Crippen LogP contribution in [0.4, 0.5) is 34.1 Å². The molecule has 1 spiro atoms. The molecule has 1 unspecified atom stereocenters. The predicted molar refractivity (Wildman–Crippen MR) is 292 cm³/mol. The Morgan fingerprint density at radius 2 is 0.786 bits per heavy atom. The minimum absolute atomic E-state index is 0.595. The summed E-state index contributed by atoms with van der Waals surface area (Å²) >= 11 is 0. The highest BCUT2D eigenvalue weighted by molar-refractivity contribution is 6.10. The molecule has 2 aliphatic carbocycles. The van der Waals surface area contributed by atoms with Gasteiger partial charge in [-0.1, -0.05) is 188 Å². The average molecular weight is 892 g/mol. The van der Waals surface area contributed by atoms with Crippen molar-refractivity contribution >= 4 is 55.9 Å². The lowest BCUT2D eigenvalue weighted by Gasteiger charge is -2.36. The second kappa shape index (κ2) is 16.0. The van der Waals surface area contributed by atoms with E-state index in [-0.39, 0.29) is 0 Å². The summed E-state index contributed by atoms with van der Waals surface area (Å²) in [5, 5.41) is 2.46. The van der Waals surface area contributed by atoms with Crippen LogP contribution in [0, 0.1) is 0 Å². The summed E-state index contributed by atoms with van der Waals surface area (Å²) in [4.78, 5) is 4.91. The quantitative estimate of drug-likeness (QED) is 0.151. The first-order valence-electron chi connectivity index (χ1n) is 24.2. The molecule has 70 heavy (non-hydrogen) atoms. The summed E-state index contributed by atoms with van der Waals surface area (Å²) in [5.41, 5.74) is 22.1. The monoisotopic (exact) mass is 891 g/mol. The van der Waals surface area contributed by atoms with Gasteiger partial charge in [-0.25, -0.2) is 0 Å². The number of para-hydroxylation sites is 4. The largest absolute Gasteiger partial charge is 0.310 e. The van der Waals surface area contributed by atoms with Crippen molar-refractivity contribution in [3.8, 4) is 39.1 Å². The van der Waals surface area contributed by atoms with Gasteiger partial charge in [-0.15, -0.1) is 0 Å². The maximum Gasteiger partial charge on any atom is 0.0746 e. The van der Waals surface area contributed by atoms with Gasteiger partial charge in [0.15, 0.2) is 0 Å². The van der Waals surface area contributed by atoms with Gasteiger partial charge in [-0.3, -0.25) is 0 Å². The SMILES string of the molecule is c1ccc(-c2cccc(N(c3ccc4c(c3)-c3ccccc3C43c4ccccc4-c4cccc(N(c5ccccc5)c5ccccc5)c43)c3ccc4c5ccccc5n(-c5ccccc5)c4c3)c2)cc1. The molecule has 0 saturated carbocycles. The van der Waals surface area contributed by atoms with Gasteiger partial charge in [0.25, 0.3) is 0 Å². The molecule has 11 aromatic carbocycles. The van der Waals surface area contributed by atoms with Crippen molar-refractivity contribution in [2.45, 2.75) is 5.41 Å². The molecule has 0 aliphatic heterocycles. The third kappa shape index (κ3) is 5.95. The summed E-state index contributed by atoms with van der Waals surface area (Å²) in [7, 11) is 0. The third-order valence-electron chi connectivity index (χ3n) is 14.7. The van der Waals surface area contributed by atoms with E-state index < -0.39 is 5.41 Å². The van der Waals surface area contributed by atoms with E-state index in [2.05, 4.69) is 287 Å². The Morgan fingerprint density at radius 3 is 1.51 bits per heavy atom. The van der Waals surface area contributed by atoms with E-state index in [4.69, 9.17) is 0 Å². The van der Waals surface area contributed by atoms with Crippen LogP contribution in [0.2, 0.25) is 0 Å². The molecule has 3 heteroatoms. The molecular formula is C67H45N3. The first-order valence-corrected chi connectivity index (χ1v) is 24.2. The number of nitrogens with zero attached hydrogens (tertiary/aromatic N) is 3. The second-order valence-corrected chi connectivity index (χ2v) is 18.4. The van der Waals surface area contributed by atoms with Gasteiger partial charge >= 0.3 is 0 Å². The highest BCUT2D eigenvalue weighted by Crippen LogP contribution is 2.66. The second-order valence-electron chi connectivity index (χ2n) is 18.4. The molecule has 0 amide bonds. The molecule has 0 bridgehead atoms. The van der Waals surface area contributed by atoms with Gasteiger partial charge in [-0.2, -0.15) is 0 Å². The van der Waals surface area contributed by atoms with Crippen molar-refractivity contribution in [1.29, 1.82) is 0 Å². The van der Waals surface area contributed by atoms with E-state index in [1.54, 1.807) is 0 Å². The van der Waals surface area contributed by atoms with Crippen molar-refractivity contribution in [1.82, 2.24) is 4.57 Å². The number of fused-ring (bicyclic) bond motifs is 13. The molecule has 1 aromatic heterocycles. The molecular weight excluding hydrogens is 847 g/mol. The summed E-state index contributed by atoms with van der Waals surface area (Å²) in [6.07, 6.45) is 0. The Morgan fingerprint density at radius 1 is 0.286 bits per heavy atom. The molecule has 328 valence electrons. The van der Waals surface area contributed by atoms with Crippen molar-refractivity contribution in [2.75, 3.05) is 9.80 Å². The maximum atomic E-state index is 2.46. The Bertz CT molecular complexity index is 3910. The number of anilines is 6. The summed E-state index contributed by atoms with van der Waals surface area (Å²) in [6, 6.07) is 100. The first kappa shape index (κ1) is 39.9. The summed E-state index contributed by atoms with van der Waals surface area (Å²) in [5.74, 6) is 0. The van der Waals surface area contributed by atoms with Crippen LogP contribution in [-0.4, -0.2) is 4.57 Å². The lowest BCUT2D eigenvalue weighted by atomic mass is 9.70. The van der Waals surface area contributed by atoms with Crippen LogP contribution < -0.4 is 9.80 Å². The maximum absolute atomic E-state index is 2.46. The fraction of sp³-hybridized carbons (Fsp3) is 0.0149. The van der Waals surface area contributed by atoms with Crippen molar-refractivity contribution in [3.05, 3.63) is 295 Å². The molecule has 0 saturated heterocycles. The summed E-state index contributed by atoms with van der Waals surface area (Å²) < 4.78 is 2.41. The van der Waals surface area contributed by atoms with Crippen LogP contribution >= 0.6 is 0 Å². The molecule has 3 nitrogen and oxygen atoms in total. The van der Waals surface area contributed by atoms with Crippen molar-refractivity contribution in [2.24, 2.45) is 0 Å². The topological polar surface area (TPSA) is 11.4 Å². The first-order chi connectivity index (χ1) is 34.8. The smallest absolute Gasteiger partial charge is 0.0746 e. The van der Waals surface area contributed by atoms with Crippen LogP contribution in [0.15, 0.2) is 273 Å². The molecule has 14 rings (SSSR count). The molecule has 1 atom stereocenters. The van der Waals surface area contributed by atoms with E-state index in [9.17, 15) is 0 Å². The fourth-order valence-electron chi connectivity index (χ4n) is 11.9. The van der Waals surface area contributed by atoms with Crippen LogP contribution in [0.25, 0.3) is 60.9 Å². The highest BCUT2D eigenvalue weighted by atomic mass is 15.2. The zero-order valence-electron chi connectivity index (χ0n) is 38.3. The minimum Gasteiger partial charge on any atom is -0.310 e. The number of benzene rings is 11. The van der Waals surface area contributed by atoms with E-state index in [1.165, 1.54) is 77.6 Å². The van der Waals surface area contributed by atoms with Crippen LogP contribution in [-0.2, 0) is 5.41 Å². The van der Waals surface area contributed by atoms with Gasteiger partial charge in [0, 0.05) is 50.5 Å². The summed E-state index contributed by atoms with van der Waals surface area (Å²) in [6.45, 7) is 0. The van der Waals surface area contributed by atoms with E-state index >= 15 is 0 Å². The van der Waals surface area contributed by atoms with Gasteiger partial charge in [0.05, 0.1) is 22.1 Å². The van der Waals surface area contributed by atoms with Gasteiger partial charge in [-0.05, 0) is 135 Å². The zero-order chi connectivity index (χ0) is 46.2. The lowest BCUT2D eigenvalue weighted by Crippen LogP contribution is -2.28. The van der Waals surface area contributed by atoms with Gasteiger partial charge in [0.2, 0.25) is 0 Å². The van der Waals surface area contributed by atoms with Crippen LogP contribution in [0.5, 0.6) is 0 Å². The molecule has 0 radical (unpaired) electrons. The lowest BCUT2D eigenvalue weighted by molar-refractivity contribution is 0.793. The predicted octanol–water partition coefficient (Wildman–Crippen LogP) is 17.7. The van der Waals surface area contributed by atoms with Crippen molar-refractivity contribution in [3.63, 3.8) is 0 Å². The third-order valence-corrected chi connectivity index (χ3v) is 14.7.